The third-order valence-electron chi connectivity index (χ3n) is 1.93. The van der Waals surface area contributed by atoms with Crippen LogP contribution in [0.3, 0.4) is 0 Å². The molecule has 0 amide bonds. The lowest BCUT2D eigenvalue weighted by Crippen LogP contribution is -1.88. The van der Waals surface area contributed by atoms with E-state index >= 15 is 0 Å². The fourth-order valence-corrected chi connectivity index (χ4v) is 1.09. The number of allylic oxidation sites excluding steroid dienone is 2. The van der Waals surface area contributed by atoms with Crippen LogP contribution in [0.15, 0.2) is 35.9 Å². The molecule has 0 aliphatic carbocycles. The summed E-state index contributed by atoms with van der Waals surface area (Å²) in [6.07, 6.45) is 1.90. The van der Waals surface area contributed by atoms with E-state index in [-0.39, 0.29) is 11.3 Å². The number of non-ortho nitro benzene ring substituents is 1. The first kappa shape index (κ1) is 11.4. The zero-order valence-electron chi connectivity index (χ0n) is 8.25. The number of hydrogen-bond donors (Lipinski definition) is 0. The van der Waals surface area contributed by atoms with E-state index in [0.717, 1.165) is 5.56 Å². The van der Waals surface area contributed by atoms with Gasteiger partial charge in [0.15, 0.2) is 0 Å². The molecular weight excluding hydrogens is 206 g/mol. The van der Waals surface area contributed by atoms with Gasteiger partial charge in [-0.05, 0) is 12.0 Å². The molecule has 78 valence electrons. The third-order valence-corrected chi connectivity index (χ3v) is 1.93. The zero-order valence-corrected chi connectivity index (χ0v) is 8.25. The van der Waals surface area contributed by atoms with Gasteiger partial charge in [0.25, 0.3) is 5.69 Å². The minimum Gasteiger partial charge on any atom is -0.258 e. The predicted octanol–water partition coefficient (Wildman–Crippen LogP) is 2.11. The summed E-state index contributed by atoms with van der Waals surface area (Å²) in [6.45, 7) is 0. The Balaban J connectivity index is 2.78. The van der Waals surface area contributed by atoms with Crippen LogP contribution in [-0.4, -0.2) is 4.92 Å². The SMILES string of the molecule is N#CC(C#N)=CCc1ccc([N+](=O)[O-])cc1. The molecule has 0 bridgehead atoms. The molecule has 0 aromatic heterocycles. The Hall–Kier alpha value is -2.66. The van der Waals surface area contributed by atoms with Crippen LogP contribution in [0.4, 0.5) is 5.69 Å². The van der Waals surface area contributed by atoms with Crippen molar-refractivity contribution < 1.29 is 4.92 Å². The Bertz CT molecular complexity index is 488. The van der Waals surface area contributed by atoms with Crippen molar-refractivity contribution in [1.29, 1.82) is 10.5 Å². The van der Waals surface area contributed by atoms with E-state index in [9.17, 15) is 10.1 Å². The van der Waals surface area contributed by atoms with Gasteiger partial charge in [-0.15, -0.1) is 0 Å². The summed E-state index contributed by atoms with van der Waals surface area (Å²) in [4.78, 5) is 9.90. The summed E-state index contributed by atoms with van der Waals surface area (Å²) in [6, 6.07) is 9.46. The van der Waals surface area contributed by atoms with Crippen molar-refractivity contribution in [3.8, 4) is 12.1 Å². The Kier molecular flexibility index (Phi) is 3.77. The van der Waals surface area contributed by atoms with Crippen molar-refractivity contribution >= 4 is 5.69 Å². The van der Waals surface area contributed by atoms with E-state index in [1.807, 2.05) is 0 Å². The summed E-state index contributed by atoms with van der Waals surface area (Å²) in [5.41, 5.74) is 0.875. The molecule has 0 saturated heterocycles. The van der Waals surface area contributed by atoms with E-state index in [2.05, 4.69) is 0 Å². The number of benzene rings is 1. The zero-order chi connectivity index (χ0) is 12.0. The molecule has 0 saturated carbocycles. The Morgan fingerprint density at radius 1 is 1.31 bits per heavy atom. The maximum Gasteiger partial charge on any atom is 0.269 e. The van der Waals surface area contributed by atoms with Crippen LogP contribution >= 0.6 is 0 Å². The Morgan fingerprint density at radius 3 is 2.31 bits per heavy atom. The van der Waals surface area contributed by atoms with Gasteiger partial charge in [0.05, 0.1) is 4.92 Å². The van der Waals surface area contributed by atoms with Gasteiger partial charge in [0, 0.05) is 12.1 Å². The monoisotopic (exact) mass is 213 g/mol. The van der Waals surface area contributed by atoms with Gasteiger partial charge < -0.3 is 0 Å². The highest BCUT2D eigenvalue weighted by molar-refractivity contribution is 5.38. The predicted molar refractivity (Wildman–Crippen MR) is 56.1 cm³/mol. The minimum absolute atomic E-state index is 0.0218. The first-order valence-electron chi connectivity index (χ1n) is 4.41. The molecule has 16 heavy (non-hydrogen) atoms. The molecule has 0 atom stereocenters. The molecule has 0 aliphatic rings. The van der Waals surface area contributed by atoms with Crippen molar-refractivity contribution in [3.63, 3.8) is 0 Å². The highest BCUT2D eigenvalue weighted by Crippen LogP contribution is 2.12. The normalized spacial score (nSPS) is 8.62. The fraction of sp³-hybridized carbons (Fsp3) is 0.0909. The lowest BCUT2D eigenvalue weighted by Gasteiger charge is -1.95. The van der Waals surface area contributed by atoms with Crippen LogP contribution < -0.4 is 0 Å². The quantitative estimate of drug-likeness (QED) is 0.436. The lowest BCUT2D eigenvalue weighted by molar-refractivity contribution is -0.384. The molecule has 0 heterocycles. The maximum atomic E-state index is 10.4. The molecule has 0 unspecified atom stereocenters. The number of rotatable bonds is 3. The largest absolute Gasteiger partial charge is 0.269 e. The maximum absolute atomic E-state index is 10.4. The van der Waals surface area contributed by atoms with Crippen LogP contribution in [0.25, 0.3) is 0 Å². The van der Waals surface area contributed by atoms with E-state index in [0.29, 0.717) is 6.42 Å². The first-order chi connectivity index (χ1) is 7.67. The minimum atomic E-state index is -0.477. The van der Waals surface area contributed by atoms with Crippen molar-refractivity contribution in [3.05, 3.63) is 51.6 Å². The standard InChI is InChI=1S/C11H7N3O2/c12-7-10(8-13)2-1-9-3-5-11(6-4-9)14(15)16/h2-6H,1H2. The third kappa shape index (κ3) is 2.93. The van der Waals surface area contributed by atoms with Crippen LogP contribution in [0, 0.1) is 32.8 Å². The topological polar surface area (TPSA) is 90.7 Å². The van der Waals surface area contributed by atoms with Gasteiger partial charge in [-0.2, -0.15) is 10.5 Å². The number of nitro groups is 1. The summed E-state index contributed by atoms with van der Waals surface area (Å²) < 4.78 is 0. The highest BCUT2D eigenvalue weighted by atomic mass is 16.6. The molecule has 5 heteroatoms. The van der Waals surface area contributed by atoms with E-state index in [1.165, 1.54) is 18.2 Å². The first-order valence-corrected chi connectivity index (χ1v) is 4.41. The van der Waals surface area contributed by atoms with Crippen LogP contribution in [0.1, 0.15) is 5.56 Å². The second-order valence-corrected chi connectivity index (χ2v) is 2.97. The number of nitriles is 2. The summed E-state index contributed by atoms with van der Waals surface area (Å²) >= 11 is 0. The average Bonchev–Trinajstić information content (AvgIpc) is 2.31. The smallest absolute Gasteiger partial charge is 0.258 e. The van der Waals surface area contributed by atoms with Gasteiger partial charge >= 0.3 is 0 Å². The lowest BCUT2D eigenvalue weighted by atomic mass is 10.1. The summed E-state index contributed by atoms with van der Waals surface area (Å²) in [7, 11) is 0. The van der Waals surface area contributed by atoms with E-state index < -0.39 is 4.92 Å². The Labute approximate surface area is 92.0 Å². The van der Waals surface area contributed by atoms with E-state index in [1.54, 1.807) is 24.3 Å². The molecule has 0 spiro atoms. The van der Waals surface area contributed by atoms with Gasteiger partial charge in [0.1, 0.15) is 17.7 Å². The molecule has 1 aromatic carbocycles. The molecule has 1 rings (SSSR count). The van der Waals surface area contributed by atoms with Crippen molar-refractivity contribution in [2.24, 2.45) is 0 Å². The molecule has 0 radical (unpaired) electrons. The van der Waals surface area contributed by atoms with Crippen LogP contribution in [0.2, 0.25) is 0 Å². The molecule has 0 N–H and O–H groups in total. The van der Waals surface area contributed by atoms with Gasteiger partial charge in [-0.1, -0.05) is 18.2 Å². The van der Waals surface area contributed by atoms with Crippen molar-refractivity contribution in [2.75, 3.05) is 0 Å². The average molecular weight is 213 g/mol. The molecule has 0 aliphatic heterocycles. The molecule has 5 nitrogen and oxygen atoms in total. The molecule has 0 fully saturated rings. The van der Waals surface area contributed by atoms with Crippen molar-refractivity contribution in [2.45, 2.75) is 6.42 Å². The summed E-state index contributed by atoms with van der Waals surface area (Å²) in [5, 5.41) is 27.4. The van der Waals surface area contributed by atoms with Gasteiger partial charge in [0.2, 0.25) is 0 Å². The molecule has 1 aromatic rings. The van der Waals surface area contributed by atoms with Gasteiger partial charge in [-0.3, -0.25) is 10.1 Å². The fourth-order valence-electron chi connectivity index (χ4n) is 1.09. The number of nitro benzene ring substituents is 1. The van der Waals surface area contributed by atoms with Crippen LogP contribution in [0.5, 0.6) is 0 Å². The van der Waals surface area contributed by atoms with Gasteiger partial charge in [-0.25, -0.2) is 0 Å². The Morgan fingerprint density at radius 2 is 1.88 bits per heavy atom. The molecular formula is C11H7N3O2. The second-order valence-electron chi connectivity index (χ2n) is 2.97. The van der Waals surface area contributed by atoms with Crippen LogP contribution in [-0.2, 0) is 6.42 Å². The highest BCUT2D eigenvalue weighted by Gasteiger charge is 2.03. The number of hydrogen-bond acceptors (Lipinski definition) is 4. The van der Waals surface area contributed by atoms with E-state index in [4.69, 9.17) is 10.5 Å². The van der Waals surface area contributed by atoms with Crippen molar-refractivity contribution in [1.82, 2.24) is 0 Å². The summed E-state index contributed by atoms with van der Waals surface area (Å²) in [5.74, 6) is 0. The number of nitrogens with zero attached hydrogens (tertiary/aromatic N) is 3. The second kappa shape index (κ2) is 5.28.